The minimum atomic E-state index is 0.0112. The molecule has 2 aromatic rings. The average Bonchev–Trinajstić information content (AvgIpc) is 3.00. The zero-order valence-electron chi connectivity index (χ0n) is 13.4. The molecule has 3 rings (SSSR count). The Bertz CT molecular complexity index is 660. The molecule has 0 aliphatic carbocycles. The Hall–Kier alpha value is -2.41. The molecule has 0 N–H and O–H groups in total. The molecule has 1 saturated heterocycles. The van der Waals surface area contributed by atoms with Gasteiger partial charge in [-0.3, -0.25) is 9.69 Å². The van der Waals surface area contributed by atoms with Crippen molar-refractivity contribution in [2.45, 2.75) is 13.5 Å². The van der Waals surface area contributed by atoms with E-state index in [1.165, 1.54) is 0 Å². The molecule has 1 aliphatic heterocycles. The Morgan fingerprint density at radius 3 is 2.65 bits per heavy atom. The fraction of sp³-hybridized carbons (Fsp3) is 0.438. The molecule has 7 heteroatoms. The van der Waals surface area contributed by atoms with Gasteiger partial charge in [-0.1, -0.05) is 5.16 Å². The molecule has 122 valence electrons. The second-order valence-electron chi connectivity index (χ2n) is 5.59. The molecule has 3 heterocycles. The Morgan fingerprint density at radius 1 is 1.30 bits per heavy atom. The van der Waals surface area contributed by atoms with Crippen molar-refractivity contribution < 1.29 is 14.1 Å². The van der Waals surface area contributed by atoms with Gasteiger partial charge in [0.25, 0.3) is 5.91 Å². The summed E-state index contributed by atoms with van der Waals surface area (Å²) in [6.45, 7) is 5.67. The van der Waals surface area contributed by atoms with E-state index >= 15 is 0 Å². The minimum Gasteiger partial charge on any atom is -0.481 e. The third-order valence-electron chi connectivity index (χ3n) is 3.91. The van der Waals surface area contributed by atoms with E-state index in [-0.39, 0.29) is 5.91 Å². The molecule has 1 amide bonds. The van der Waals surface area contributed by atoms with E-state index in [1.807, 2.05) is 17.9 Å². The Balaban J connectivity index is 1.54. The summed E-state index contributed by atoms with van der Waals surface area (Å²) in [5, 5.41) is 4.01. The van der Waals surface area contributed by atoms with E-state index in [9.17, 15) is 4.79 Å². The number of aromatic nitrogens is 2. The molecule has 1 aliphatic rings. The third kappa shape index (κ3) is 3.68. The number of piperazine rings is 1. The van der Waals surface area contributed by atoms with Crippen molar-refractivity contribution in [3.05, 3.63) is 41.4 Å². The van der Waals surface area contributed by atoms with Crippen molar-refractivity contribution >= 4 is 5.91 Å². The summed E-state index contributed by atoms with van der Waals surface area (Å²) in [5.74, 6) is 1.34. The maximum absolute atomic E-state index is 12.5. The van der Waals surface area contributed by atoms with Gasteiger partial charge in [0.1, 0.15) is 5.76 Å². The van der Waals surface area contributed by atoms with Crippen LogP contribution in [0.1, 0.15) is 21.8 Å². The molecule has 7 nitrogen and oxygen atoms in total. The van der Waals surface area contributed by atoms with Crippen molar-refractivity contribution in [2.75, 3.05) is 33.3 Å². The van der Waals surface area contributed by atoms with Crippen molar-refractivity contribution in [3.8, 4) is 5.88 Å². The Kier molecular flexibility index (Phi) is 4.57. The normalized spacial score (nSPS) is 15.7. The van der Waals surface area contributed by atoms with E-state index in [2.05, 4.69) is 15.0 Å². The summed E-state index contributed by atoms with van der Waals surface area (Å²) in [4.78, 5) is 20.7. The van der Waals surface area contributed by atoms with Crippen LogP contribution in [0.4, 0.5) is 0 Å². The van der Waals surface area contributed by atoms with E-state index in [1.54, 1.807) is 25.4 Å². The lowest BCUT2D eigenvalue weighted by Crippen LogP contribution is -2.48. The molecule has 0 radical (unpaired) electrons. The predicted molar refractivity (Wildman–Crippen MR) is 83.2 cm³/mol. The molecular weight excluding hydrogens is 296 g/mol. The van der Waals surface area contributed by atoms with Gasteiger partial charge < -0.3 is 14.2 Å². The highest BCUT2D eigenvalue weighted by atomic mass is 16.5. The first-order chi connectivity index (χ1) is 11.2. The first-order valence-electron chi connectivity index (χ1n) is 7.59. The van der Waals surface area contributed by atoms with Crippen LogP contribution in [0.3, 0.4) is 0 Å². The smallest absolute Gasteiger partial charge is 0.255 e. The van der Waals surface area contributed by atoms with Crippen molar-refractivity contribution in [2.24, 2.45) is 0 Å². The van der Waals surface area contributed by atoms with Crippen molar-refractivity contribution in [1.29, 1.82) is 0 Å². The summed E-state index contributed by atoms with van der Waals surface area (Å²) >= 11 is 0. The van der Waals surface area contributed by atoms with Gasteiger partial charge in [-0.25, -0.2) is 4.98 Å². The predicted octanol–water partition coefficient (Wildman–Crippen LogP) is 1.34. The summed E-state index contributed by atoms with van der Waals surface area (Å²) < 4.78 is 10.1. The van der Waals surface area contributed by atoms with Crippen molar-refractivity contribution in [3.63, 3.8) is 0 Å². The lowest BCUT2D eigenvalue weighted by Gasteiger charge is -2.34. The lowest BCUT2D eigenvalue weighted by molar-refractivity contribution is 0.0625. The van der Waals surface area contributed by atoms with Gasteiger partial charge in [0.15, 0.2) is 0 Å². The van der Waals surface area contributed by atoms with Crippen LogP contribution in [0.25, 0.3) is 0 Å². The number of nitrogens with zero attached hydrogens (tertiary/aromatic N) is 4. The number of pyridine rings is 1. The molecule has 1 fully saturated rings. The molecule has 2 aromatic heterocycles. The third-order valence-corrected chi connectivity index (χ3v) is 3.91. The molecule has 23 heavy (non-hydrogen) atoms. The summed E-state index contributed by atoms with van der Waals surface area (Å²) in [7, 11) is 1.55. The van der Waals surface area contributed by atoms with Gasteiger partial charge in [0, 0.05) is 51.1 Å². The molecule has 0 saturated carbocycles. The van der Waals surface area contributed by atoms with E-state index < -0.39 is 0 Å². The van der Waals surface area contributed by atoms with Crippen LogP contribution >= 0.6 is 0 Å². The zero-order valence-corrected chi connectivity index (χ0v) is 13.4. The lowest BCUT2D eigenvalue weighted by atomic mass is 10.2. The van der Waals surface area contributed by atoms with Gasteiger partial charge in [0.05, 0.1) is 18.4 Å². The highest BCUT2D eigenvalue weighted by Gasteiger charge is 2.23. The fourth-order valence-corrected chi connectivity index (χ4v) is 2.64. The van der Waals surface area contributed by atoms with Crippen LogP contribution in [0.2, 0.25) is 0 Å². The van der Waals surface area contributed by atoms with E-state index in [0.717, 1.165) is 31.1 Å². The molecule has 0 unspecified atom stereocenters. The minimum absolute atomic E-state index is 0.0112. The summed E-state index contributed by atoms with van der Waals surface area (Å²) in [5.41, 5.74) is 1.52. The zero-order chi connectivity index (χ0) is 16.2. The number of hydrogen-bond donors (Lipinski definition) is 0. The van der Waals surface area contributed by atoms with Gasteiger partial charge in [0.2, 0.25) is 5.88 Å². The van der Waals surface area contributed by atoms with Gasteiger partial charge in [-0.2, -0.15) is 0 Å². The molecule has 0 bridgehead atoms. The van der Waals surface area contributed by atoms with Gasteiger partial charge in [-0.05, 0) is 13.0 Å². The Labute approximate surface area is 134 Å². The molecule has 0 aromatic carbocycles. The first kappa shape index (κ1) is 15.5. The number of methoxy groups -OCH3 is 1. The van der Waals surface area contributed by atoms with Gasteiger partial charge in [-0.15, -0.1) is 0 Å². The second-order valence-corrected chi connectivity index (χ2v) is 5.59. The SMILES string of the molecule is COc1ccc(C(=O)N2CCN(Cc3cc(C)on3)CC2)cn1. The highest BCUT2D eigenvalue weighted by molar-refractivity contribution is 5.94. The average molecular weight is 316 g/mol. The standard InChI is InChI=1S/C16H20N4O3/c1-12-9-14(18-23-12)11-19-5-7-20(8-6-19)16(21)13-3-4-15(22-2)17-10-13/h3-4,9-10H,5-8,11H2,1-2H3. The van der Waals surface area contributed by atoms with Crippen LogP contribution in [0.5, 0.6) is 5.88 Å². The number of hydrogen-bond acceptors (Lipinski definition) is 6. The number of aryl methyl sites for hydroxylation is 1. The number of carbonyl (C=O) groups is 1. The Morgan fingerprint density at radius 2 is 2.09 bits per heavy atom. The number of amides is 1. The monoisotopic (exact) mass is 316 g/mol. The van der Waals surface area contributed by atoms with Crippen molar-refractivity contribution in [1.82, 2.24) is 19.9 Å². The number of rotatable bonds is 4. The quantitative estimate of drug-likeness (QED) is 0.848. The van der Waals surface area contributed by atoms with Crippen LogP contribution in [-0.4, -0.2) is 59.1 Å². The topological polar surface area (TPSA) is 71.7 Å². The van der Waals surface area contributed by atoms with E-state index in [4.69, 9.17) is 9.26 Å². The summed E-state index contributed by atoms with van der Waals surface area (Å²) in [6.07, 6.45) is 1.56. The largest absolute Gasteiger partial charge is 0.481 e. The first-order valence-corrected chi connectivity index (χ1v) is 7.59. The number of ether oxygens (including phenoxy) is 1. The maximum Gasteiger partial charge on any atom is 0.255 e. The van der Waals surface area contributed by atoms with Crippen LogP contribution in [0.15, 0.2) is 28.9 Å². The van der Waals surface area contributed by atoms with Crippen LogP contribution in [0, 0.1) is 6.92 Å². The highest BCUT2D eigenvalue weighted by Crippen LogP contribution is 2.13. The fourth-order valence-electron chi connectivity index (χ4n) is 2.64. The maximum atomic E-state index is 12.5. The van der Waals surface area contributed by atoms with Gasteiger partial charge >= 0.3 is 0 Å². The van der Waals surface area contributed by atoms with Crippen LogP contribution in [-0.2, 0) is 6.54 Å². The second kappa shape index (κ2) is 6.78. The molecule has 0 atom stereocenters. The molecule has 0 spiro atoms. The van der Waals surface area contributed by atoms with Crippen LogP contribution < -0.4 is 4.74 Å². The van der Waals surface area contributed by atoms with E-state index in [0.29, 0.717) is 24.5 Å². The molecular formula is C16H20N4O3. The number of carbonyl (C=O) groups excluding carboxylic acids is 1. The summed E-state index contributed by atoms with van der Waals surface area (Å²) in [6, 6.07) is 5.40.